The molecule has 0 bridgehead atoms. The molecule has 2 aliphatic heterocycles. The third-order valence-corrected chi connectivity index (χ3v) is 5.09. The number of carbonyl (C=O) groups is 2. The normalized spacial score (nSPS) is 23.6. The first-order chi connectivity index (χ1) is 12.0. The Kier molecular flexibility index (Phi) is 3.55. The van der Waals surface area contributed by atoms with E-state index in [0.717, 1.165) is 12.8 Å². The number of likely N-dealkylation sites (tertiary alicyclic amines) is 1. The number of nitrogens with zero attached hydrogens (tertiary/aromatic N) is 2. The molecule has 8 nitrogen and oxygen atoms in total. The van der Waals surface area contributed by atoms with Crippen molar-refractivity contribution in [3.05, 3.63) is 34.3 Å². The van der Waals surface area contributed by atoms with Gasteiger partial charge < -0.3 is 19.4 Å². The maximum Gasteiger partial charge on any atom is 0.419 e. The second-order valence-electron chi connectivity index (χ2n) is 6.68. The lowest BCUT2D eigenvalue weighted by Crippen LogP contribution is -2.36. The molecule has 0 saturated carbocycles. The van der Waals surface area contributed by atoms with Crippen molar-refractivity contribution in [3.63, 3.8) is 0 Å². The van der Waals surface area contributed by atoms with Crippen molar-refractivity contribution in [1.82, 2.24) is 14.8 Å². The van der Waals surface area contributed by atoms with Gasteiger partial charge in [0, 0.05) is 32.1 Å². The number of hydrogen-bond acceptors (Lipinski definition) is 5. The predicted molar refractivity (Wildman–Crippen MR) is 88.4 cm³/mol. The van der Waals surface area contributed by atoms with E-state index in [-0.39, 0.29) is 12.0 Å². The third-order valence-electron chi connectivity index (χ3n) is 5.09. The van der Waals surface area contributed by atoms with Gasteiger partial charge in [0.15, 0.2) is 5.58 Å². The largest absolute Gasteiger partial charge is 0.441 e. The van der Waals surface area contributed by atoms with Crippen molar-refractivity contribution >= 4 is 23.1 Å². The van der Waals surface area contributed by atoms with E-state index in [1.807, 2.05) is 0 Å². The van der Waals surface area contributed by atoms with Crippen LogP contribution in [0.4, 0.5) is 4.79 Å². The molecule has 1 atom stereocenters. The van der Waals surface area contributed by atoms with Crippen molar-refractivity contribution in [2.45, 2.75) is 24.9 Å². The fraction of sp³-hybridized carbons (Fsp3) is 0.471. The summed E-state index contributed by atoms with van der Waals surface area (Å²) in [6.07, 6.45) is 1.74. The minimum atomic E-state index is -0.496. The first-order valence-electron chi connectivity index (χ1n) is 8.33. The van der Waals surface area contributed by atoms with E-state index < -0.39 is 11.4 Å². The molecule has 1 N–H and O–H groups in total. The number of hydrogen-bond donors (Lipinski definition) is 1. The Bertz CT molecular complexity index is 915. The Balaban J connectivity index is 1.55. The summed E-state index contributed by atoms with van der Waals surface area (Å²) < 4.78 is 11.9. The number of oxazole rings is 1. The minimum absolute atomic E-state index is 0.0927. The number of nitrogens with one attached hydrogen (secondary N) is 1. The second-order valence-corrected chi connectivity index (χ2v) is 6.68. The number of alkyl carbamates (subject to hydrolysis) is 1. The molecule has 2 amide bonds. The predicted octanol–water partition coefficient (Wildman–Crippen LogP) is 1.24. The minimum Gasteiger partial charge on any atom is -0.441 e. The summed E-state index contributed by atoms with van der Waals surface area (Å²) in [6, 6.07) is 5.00. The number of ether oxygens (including phenoxy) is 1. The van der Waals surface area contributed by atoms with Gasteiger partial charge in [-0.3, -0.25) is 9.36 Å². The fourth-order valence-electron chi connectivity index (χ4n) is 3.59. The summed E-state index contributed by atoms with van der Waals surface area (Å²) in [6.45, 7) is 1.63. The lowest BCUT2D eigenvalue weighted by Gasteiger charge is -2.25. The molecular weight excluding hydrogens is 326 g/mol. The Morgan fingerprint density at radius 3 is 2.84 bits per heavy atom. The van der Waals surface area contributed by atoms with E-state index in [4.69, 9.17) is 9.15 Å². The molecule has 25 heavy (non-hydrogen) atoms. The van der Waals surface area contributed by atoms with Gasteiger partial charge in [0.1, 0.15) is 5.60 Å². The van der Waals surface area contributed by atoms with E-state index >= 15 is 0 Å². The summed E-state index contributed by atoms with van der Waals surface area (Å²) in [7, 11) is 1.61. The van der Waals surface area contributed by atoms with Gasteiger partial charge >= 0.3 is 11.8 Å². The highest BCUT2D eigenvalue weighted by Crippen LogP contribution is 2.30. The number of carbonyl (C=O) groups excluding carboxylic acids is 2. The van der Waals surface area contributed by atoms with E-state index in [0.29, 0.717) is 42.7 Å². The highest BCUT2D eigenvalue weighted by atomic mass is 16.6. The molecule has 0 radical (unpaired) electrons. The smallest absolute Gasteiger partial charge is 0.419 e. The summed E-state index contributed by atoms with van der Waals surface area (Å²) in [5.74, 6) is -0.545. The van der Waals surface area contributed by atoms with E-state index in [2.05, 4.69) is 5.32 Å². The zero-order valence-corrected chi connectivity index (χ0v) is 13.9. The van der Waals surface area contributed by atoms with Crippen LogP contribution >= 0.6 is 0 Å². The standard InChI is InChI=1S/C17H19N3O5/c1-19-12-9-11(3-4-13(12)24-16(19)23)14(21)20-7-2-5-17(6-8-20)10-18-15(22)25-17/h3-4,9H,2,5-8,10H2,1H3,(H,18,22)/t17-/m1/s1. The maximum absolute atomic E-state index is 12.9. The first-order valence-corrected chi connectivity index (χ1v) is 8.33. The molecule has 1 aromatic carbocycles. The van der Waals surface area contributed by atoms with Crippen LogP contribution in [-0.4, -0.2) is 46.7 Å². The zero-order chi connectivity index (χ0) is 17.6. The van der Waals surface area contributed by atoms with Crippen LogP contribution in [0.25, 0.3) is 11.1 Å². The van der Waals surface area contributed by atoms with Crippen LogP contribution < -0.4 is 11.1 Å². The van der Waals surface area contributed by atoms with Crippen molar-refractivity contribution in [2.24, 2.45) is 7.05 Å². The lowest BCUT2D eigenvalue weighted by molar-refractivity contribution is 0.0438. The molecule has 2 aromatic rings. The number of amides is 2. The number of aromatic nitrogens is 1. The molecule has 3 heterocycles. The molecule has 8 heteroatoms. The Morgan fingerprint density at radius 2 is 2.08 bits per heavy atom. The quantitative estimate of drug-likeness (QED) is 0.839. The fourth-order valence-corrected chi connectivity index (χ4v) is 3.59. The van der Waals surface area contributed by atoms with Crippen molar-refractivity contribution in [3.8, 4) is 0 Å². The summed E-state index contributed by atoms with van der Waals surface area (Å²) in [5.41, 5.74) is 1.07. The highest BCUT2D eigenvalue weighted by Gasteiger charge is 2.41. The topological polar surface area (TPSA) is 93.8 Å². The Hall–Kier alpha value is -2.77. The SMILES string of the molecule is Cn1c(=O)oc2ccc(C(=O)N3CCC[C@@]4(CC3)CNC(=O)O4)cc21. The van der Waals surface area contributed by atoms with Gasteiger partial charge in [-0.2, -0.15) is 0 Å². The van der Waals surface area contributed by atoms with Gasteiger partial charge in [0.05, 0.1) is 12.1 Å². The second kappa shape index (κ2) is 5.65. The number of rotatable bonds is 1. The summed E-state index contributed by atoms with van der Waals surface area (Å²) in [4.78, 5) is 37.6. The van der Waals surface area contributed by atoms with Gasteiger partial charge in [0.25, 0.3) is 5.91 Å². The van der Waals surface area contributed by atoms with Crippen LogP contribution in [0.2, 0.25) is 0 Å². The van der Waals surface area contributed by atoms with Crippen LogP contribution in [0.3, 0.4) is 0 Å². The zero-order valence-electron chi connectivity index (χ0n) is 13.9. The molecule has 2 aliphatic rings. The van der Waals surface area contributed by atoms with E-state index in [9.17, 15) is 14.4 Å². The van der Waals surface area contributed by atoms with Crippen molar-refractivity contribution in [1.29, 1.82) is 0 Å². The molecule has 0 aliphatic carbocycles. The molecule has 1 spiro atoms. The average molecular weight is 345 g/mol. The number of aryl methyl sites for hydroxylation is 1. The van der Waals surface area contributed by atoms with Gasteiger partial charge in [-0.05, 0) is 31.0 Å². The number of benzene rings is 1. The molecule has 1 aromatic heterocycles. The van der Waals surface area contributed by atoms with Crippen molar-refractivity contribution in [2.75, 3.05) is 19.6 Å². The summed E-state index contributed by atoms with van der Waals surface area (Å²) >= 11 is 0. The van der Waals surface area contributed by atoms with Crippen LogP contribution in [0, 0.1) is 0 Å². The van der Waals surface area contributed by atoms with E-state index in [1.165, 1.54) is 4.57 Å². The van der Waals surface area contributed by atoms with Crippen LogP contribution in [0.5, 0.6) is 0 Å². The molecular formula is C17H19N3O5. The van der Waals surface area contributed by atoms with Crippen LogP contribution in [-0.2, 0) is 11.8 Å². The van der Waals surface area contributed by atoms with Crippen molar-refractivity contribution < 1.29 is 18.7 Å². The number of fused-ring (bicyclic) bond motifs is 1. The van der Waals surface area contributed by atoms with Gasteiger partial charge in [0.2, 0.25) is 0 Å². The van der Waals surface area contributed by atoms with Gasteiger partial charge in [-0.25, -0.2) is 9.59 Å². The molecule has 2 saturated heterocycles. The Morgan fingerprint density at radius 1 is 1.24 bits per heavy atom. The third kappa shape index (κ3) is 2.67. The molecule has 0 unspecified atom stereocenters. The summed E-state index contributed by atoms with van der Waals surface area (Å²) in [5, 5.41) is 2.70. The van der Waals surface area contributed by atoms with E-state index in [1.54, 1.807) is 30.1 Å². The monoisotopic (exact) mass is 345 g/mol. The average Bonchev–Trinajstić information content (AvgIpc) is 3.01. The maximum atomic E-state index is 12.9. The first kappa shape index (κ1) is 15.7. The van der Waals surface area contributed by atoms with Crippen LogP contribution in [0.1, 0.15) is 29.6 Å². The molecule has 132 valence electrons. The Labute approximate surface area is 143 Å². The highest BCUT2D eigenvalue weighted by molar-refractivity contribution is 5.97. The van der Waals surface area contributed by atoms with Gasteiger partial charge in [-0.1, -0.05) is 0 Å². The molecule has 2 fully saturated rings. The van der Waals surface area contributed by atoms with Crippen LogP contribution in [0.15, 0.2) is 27.4 Å². The lowest BCUT2D eigenvalue weighted by atomic mass is 9.95. The molecule has 4 rings (SSSR count). The van der Waals surface area contributed by atoms with Gasteiger partial charge in [-0.15, -0.1) is 0 Å².